The maximum atomic E-state index is 9.72. The molecule has 0 amide bonds. The smallest absolute Gasteiger partial charge is 0.0865 e. The molecule has 2 aliphatic heterocycles. The molecule has 3 fully saturated rings. The second-order valence-electron chi connectivity index (χ2n) is 4.17. The van der Waals surface area contributed by atoms with Gasteiger partial charge in [-0.25, -0.2) is 0 Å². The summed E-state index contributed by atoms with van der Waals surface area (Å²) in [5.74, 6) is 1.08. The van der Waals surface area contributed by atoms with Crippen molar-refractivity contribution < 1.29 is 9.84 Å². The van der Waals surface area contributed by atoms with Gasteiger partial charge in [-0.1, -0.05) is 13.8 Å². The lowest BCUT2D eigenvalue weighted by Crippen LogP contribution is -2.56. The maximum absolute atomic E-state index is 9.72. The van der Waals surface area contributed by atoms with E-state index in [-0.39, 0.29) is 12.2 Å². The van der Waals surface area contributed by atoms with Crippen molar-refractivity contribution in [2.24, 2.45) is 11.8 Å². The van der Waals surface area contributed by atoms with Crippen LogP contribution in [0.4, 0.5) is 0 Å². The van der Waals surface area contributed by atoms with Crippen LogP contribution in [0.3, 0.4) is 0 Å². The average molecular weight is 156 g/mol. The predicted molar refractivity (Wildman–Crippen MR) is 42.2 cm³/mol. The standard InChI is InChI=1S/C9H16O2/c1-5(2)7-3-6-4-8(11-6)9(7)10/h5-10H,3-4H2,1-2H3/t6-,7+,8-,9-/m1/s1. The Morgan fingerprint density at radius 2 is 2.00 bits per heavy atom. The summed E-state index contributed by atoms with van der Waals surface area (Å²) in [5.41, 5.74) is 0. The number of hydrogen-bond donors (Lipinski definition) is 1. The molecule has 2 heteroatoms. The third-order valence-corrected chi connectivity index (χ3v) is 3.07. The minimum absolute atomic E-state index is 0.168. The molecule has 0 aromatic carbocycles. The van der Waals surface area contributed by atoms with E-state index in [0.717, 1.165) is 12.8 Å². The largest absolute Gasteiger partial charge is 0.390 e. The van der Waals surface area contributed by atoms with Crippen molar-refractivity contribution in [3.63, 3.8) is 0 Å². The third-order valence-electron chi connectivity index (χ3n) is 3.07. The lowest BCUT2D eigenvalue weighted by molar-refractivity contribution is -0.234. The van der Waals surface area contributed by atoms with E-state index in [1.165, 1.54) is 0 Å². The highest BCUT2D eigenvalue weighted by Crippen LogP contribution is 2.41. The minimum atomic E-state index is -0.194. The van der Waals surface area contributed by atoms with Gasteiger partial charge in [0, 0.05) is 6.42 Å². The number of aliphatic hydroxyl groups is 1. The van der Waals surface area contributed by atoms with Gasteiger partial charge in [0.15, 0.2) is 0 Å². The molecule has 2 heterocycles. The van der Waals surface area contributed by atoms with E-state index < -0.39 is 0 Å². The SMILES string of the molecule is CC(C)[C@@H]1C[C@@H]2C[C@@H](O2)[C@@H]1O. The van der Waals surface area contributed by atoms with E-state index in [4.69, 9.17) is 4.74 Å². The number of aliphatic hydroxyl groups excluding tert-OH is 1. The molecule has 4 atom stereocenters. The molecule has 2 bridgehead atoms. The molecular weight excluding hydrogens is 140 g/mol. The molecule has 1 saturated carbocycles. The highest BCUT2D eigenvalue weighted by Gasteiger charge is 2.46. The van der Waals surface area contributed by atoms with Crippen LogP contribution in [0.2, 0.25) is 0 Å². The van der Waals surface area contributed by atoms with Crippen LogP contribution in [0, 0.1) is 11.8 Å². The Kier molecular flexibility index (Phi) is 1.69. The van der Waals surface area contributed by atoms with Crippen LogP contribution < -0.4 is 0 Å². The Morgan fingerprint density at radius 1 is 1.36 bits per heavy atom. The van der Waals surface area contributed by atoms with Crippen LogP contribution >= 0.6 is 0 Å². The van der Waals surface area contributed by atoms with Gasteiger partial charge in [-0.3, -0.25) is 0 Å². The Bertz CT molecular complexity index is 150. The van der Waals surface area contributed by atoms with Crippen LogP contribution in [0.5, 0.6) is 0 Å². The molecule has 0 unspecified atom stereocenters. The van der Waals surface area contributed by atoms with Gasteiger partial charge in [0.2, 0.25) is 0 Å². The molecule has 3 rings (SSSR count). The molecule has 0 aromatic heterocycles. The summed E-state index contributed by atoms with van der Waals surface area (Å²) in [6, 6.07) is 0. The fourth-order valence-electron chi connectivity index (χ4n) is 2.25. The summed E-state index contributed by atoms with van der Waals surface area (Å²) in [4.78, 5) is 0. The van der Waals surface area contributed by atoms with E-state index in [1.807, 2.05) is 0 Å². The zero-order valence-corrected chi connectivity index (χ0v) is 7.16. The van der Waals surface area contributed by atoms with Crippen molar-refractivity contribution >= 4 is 0 Å². The normalized spacial score (nSPS) is 49.1. The Labute approximate surface area is 67.6 Å². The summed E-state index contributed by atoms with van der Waals surface area (Å²) >= 11 is 0. The fourth-order valence-corrected chi connectivity index (χ4v) is 2.25. The maximum Gasteiger partial charge on any atom is 0.0865 e. The summed E-state index contributed by atoms with van der Waals surface area (Å²) in [7, 11) is 0. The molecule has 11 heavy (non-hydrogen) atoms. The highest BCUT2D eigenvalue weighted by molar-refractivity contribution is 4.95. The van der Waals surface area contributed by atoms with E-state index in [2.05, 4.69) is 13.8 Å². The third kappa shape index (κ3) is 1.09. The lowest BCUT2D eigenvalue weighted by atomic mass is 9.73. The monoisotopic (exact) mass is 156 g/mol. The Balaban J connectivity index is 2.01. The van der Waals surface area contributed by atoms with Gasteiger partial charge >= 0.3 is 0 Å². The molecule has 1 N–H and O–H groups in total. The zero-order valence-electron chi connectivity index (χ0n) is 7.16. The first-order valence-corrected chi connectivity index (χ1v) is 4.52. The molecule has 64 valence electrons. The number of rotatable bonds is 1. The lowest BCUT2D eigenvalue weighted by Gasteiger charge is -2.49. The second kappa shape index (κ2) is 2.46. The first-order chi connectivity index (χ1) is 5.18. The minimum Gasteiger partial charge on any atom is -0.390 e. The van der Waals surface area contributed by atoms with Crippen molar-refractivity contribution in [3.8, 4) is 0 Å². The van der Waals surface area contributed by atoms with Gasteiger partial charge < -0.3 is 9.84 Å². The van der Waals surface area contributed by atoms with Crippen LogP contribution in [-0.4, -0.2) is 23.4 Å². The summed E-state index contributed by atoms with van der Waals surface area (Å²) in [6.07, 6.45) is 2.59. The summed E-state index contributed by atoms with van der Waals surface area (Å²) < 4.78 is 5.42. The molecule has 2 nitrogen and oxygen atoms in total. The fraction of sp³-hybridized carbons (Fsp3) is 1.00. The molecule has 3 aliphatic rings. The number of ether oxygens (including phenoxy) is 1. The first kappa shape index (κ1) is 7.56. The summed E-state index contributed by atoms with van der Waals surface area (Å²) in [5, 5.41) is 9.72. The van der Waals surface area contributed by atoms with Crippen molar-refractivity contribution in [1.29, 1.82) is 0 Å². The van der Waals surface area contributed by atoms with E-state index in [1.54, 1.807) is 0 Å². The summed E-state index contributed by atoms with van der Waals surface area (Å²) in [6.45, 7) is 4.36. The van der Waals surface area contributed by atoms with Gasteiger partial charge in [0.05, 0.1) is 18.3 Å². The number of fused-ring (bicyclic) bond motifs is 2. The average Bonchev–Trinajstić information content (AvgIpc) is 1.84. The van der Waals surface area contributed by atoms with E-state index in [9.17, 15) is 5.11 Å². The van der Waals surface area contributed by atoms with Crippen molar-refractivity contribution in [2.45, 2.75) is 45.0 Å². The first-order valence-electron chi connectivity index (χ1n) is 4.52. The zero-order chi connectivity index (χ0) is 8.01. The topological polar surface area (TPSA) is 29.5 Å². The molecule has 0 radical (unpaired) electrons. The molecule has 1 aliphatic carbocycles. The molecular formula is C9H16O2. The molecule has 2 saturated heterocycles. The predicted octanol–water partition coefficient (Wildman–Crippen LogP) is 1.18. The highest BCUT2D eigenvalue weighted by atomic mass is 16.5. The van der Waals surface area contributed by atoms with Crippen LogP contribution in [0.1, 0.15) is 26.7 Å². The Hall–Kier alpha value is -0.0800. The van der Waals surface area contributed by atoms with Crippen LogP contribution in [0.15, 0.2) is 0 Å². The second-order valence-corrected chi connectivity index (χ2v) is 4.17. The van der Waals surface area contributed by atoms with Gasteiger partial charge in [-0.2, -0.15) is 0 Å². The van der Waals surface area contributed by atoms with E-state index >= 15 is 0 Å². The van der Waals surface area contributed by atoms with Crippen molar-refractivity contribution in [1.82, 2.24) is 0 Å². The van der Waals surface area contributed by atoms with E-state index in [0.29, 0.717) is 17.9 Å². The van der Waals surface area contributed by atoms with Gasteiger partial charge in [-0.15, -0.1) is 0 Å². The van der Waals surface area contributed by atoms with Crippen molar-refractivity contribution in [2.75, 3.05) is 0 Å². The van der Waals surface area contributed by atoms with Gasteiger partial charge in [0.1, 0.15) is 0 Å². The number of hydrogen-bond acceptors (Lipinski definition) is 2. The van der Waals surface area contributed by atoms with Crippen LogP contribution in [0.25, 0.3) is 0 Å². The molecule has 0 aromatic rings. The van der Waals surface area contributed by atoms with Crippen LogP contribution in [-0.2, 0) is 4.74 Å². The van der Waals surface area contributed by atoms with Gasteiger partial charge in [-0.05, 0) is 18.3 Å². The quantitative estimate of drug-likeness (QED) is 0.617. The Morgan fingerprint density at radius 3 is 2.36 bits per heavy atom. The van der Waals surface area contributed by atoms with Crippen molar-refractivity contribution in [3.05, 3.63) is 0 Å². The van der Waals surface area contributed by atoms with Gasteiger partial charge in [0.25, 0.3) is 0 Å². The molecule has 0 spiro atoms.